The lowest BCUT2D eigenvalue weighted by Crippen LogP contribution is -2.42. The number of carbonyl (C=O) groups is 1. The summed E-state index contributed by atoms with van der Waals surface area (Å²) < 4.78 is 13.6. The minimum Gasteiger partial charge on any atom is -0.508 e. The van der Waals surface area contributed by atoms with Gasteiger partial charge in [0.1, 0.15) is 11.6 Å². The number of amides is 1. The number of carbonyl (C=O) groups excluding carboxylic acids is 1. The van der Waals surface area contributed by atoms with E-state index in [4.69, 9.17) is 5.11 Å². The predicted molar refractivity (Wildman–Crippen MR) is 67.8 cm³/mol. The van der Waals surface area contributed by atoms with Crippen LogP contribution in [0.15, 0.2) is 18.2 Å². The van der Waals surface area contributed by atoms with E-state index in [2.05, 4.69) is 5.32 Å². The zero-order chi connectivity index (χ0) is 13.9. The quantitative estimate of drug-likeness (QED) is 0.859. The minimum absolute atomic E-state index is 0.0685. The summed E-state index contributed by atoms with van der Waals surface area (Å²) in [6.45, 7) is 3.51. The van der Waals surface area contributed by atoms with Crippen molar-refractivity contribution in [3.05, 3.63) is 29.6 Å². The monoisotopic (exact) mass is 254 g/mol. The normalized spacial score (nSPS) is 14.1. The Bertz CT molecular complexity index is 435. The highest BCUT2D eigenvalue weighted by Crippen LogP contribution is 2.21. The van der Waals surface area contributed by atoms with Gasteiger partial charge in [0, 0.05) is 31.8 Å². The molecule has 2 unspecified atom stereocenters. The van der Waals surface area contributed by atoms with E-state index in [1.54, 1.807) is 27.9 Å². The molecule has 1 rings (SSSR count). The van der Waals surface area contributed by atoms with Gasteiger partial charge >= 0.3 is 0 Å². The highest BCUT2D eigenvalue weighted by atomic mass is 19.1. The van der Waals surface area contributed by atoms with Gasteiger partial charge in [-0.25, -0.2) is 4.39 Å². The number of hydrogen-bond donors (Lipinski definition) is 2. The summed E-state index contributed by atoms with van der Waals surface area (Å²) in [7, 11) is 3.35. The van der Waals surface area contributed by atoms with E-state index in [-0.39, 0.29) is 17.7 Å². The summed E-state index contributed by atoms with van der Waals surface area (Å²) in [5.74, 6) is -0.665. The maximum absolute atomic E-state index is 13.6. The Morgan fingerprint density at radius 2 is 2.00 bits per heavy atom. The van der Waals surface area contributed by atoms with Crippen molar-refractivity contribution >= 4 is 5.91 Å². The molecular formula is C13H19FN2O2. The molecule has 18 heavy (non-hydrogen) atoms. The van der Waals surface area contributed by atoms with Crippen molar-refractivity contribution < 1.29 is 14.3 Å². The Morgan fingerprint density at radius 1 is 1.39 bits per heavy atom. The van der Waals surface area contributed by atoms with Crippen LogP contribution in [-0.2, 0) is 4.79 Å². The van der Waals surface area contributed by atoms with Crippen LogP contribution >= 0.6 is 0 Å². The smallest absolute Gasteiger partial charge is 0.238 e. The lowest BCUT2D eigenvalue weighted by atomic mass is 10.1. The molecule has 1 aromatic rings. The van der Waals surface area contributed by atoms with Gasteiger partial charge in [-0.05, 0) is 19.9 Å². The first-order valence-electron chi connectivity index (χ1n) is 5.78. The van der Waals surface area contributed by atoms with Crippen molar-refractivity contribution in [3.63, 3.8) is 0 Å². The first-order valence-corrected chi connectivity index (χ1v) is 5.78. The van der Waals surface area contributed by atoms with Gasteiger partial charge in [-0.15, -0.1) is 0 Å². The van der Waals surface area contributed by atoms with Gasteiger partial charge in [0.05, 0.1) is 6.04 Å². The summed E-state index contributed by atoms with van der Waals surface area (Å²) in [4.78, 5) is 13.2. The molecular weight excluding hydrogens is 235 g/mol. The van der Waals surface area contributed by atoms with E-state index in [0.717, 1.165) is 6.07 Å². The number of hydrogen-bond acceptors (Lipinski definition) is 3. The topological polar surface area (TPSA) is 52.6 Å². The maximum Gasteiger partial charge on any atom is 0.238 e. The van der Waals surface area contributed by atoms with Crippen molar-refractivity contribution in [1.29, 1.82) is 0 Å². The third kappa shape index (κ3) is 3.43. The third-order valence-electron chi connectivity index (χ3n) is 2.76. The van der Waals surface area contributed by atoms with Crippen LogP contribution in [0.2, 0.25) is 0 Å². The molecule has 0 aliphatic carbocycles. The second-order valence-electron chi connectivity index (χ2n) is 4.55. The largest absolute Gasteiger partial charge is 0.508 e. The molecule has 0 aliphatic rings. The van der Waals surface area contributed by atoms with Gasteiger partial charge in [-0.2, -0.15) is 0 Å². The van der Waals surface area contributed by atoms with Crippen LogP contribution in [0.4, 0.5) is 4.39 Å². The molecule has 0 aromatic heterocycles. The molecule has 1 aromatic carbocycles. The Balaban J connectivity index is 2.76. The Hall–Kier alpha value is -1.62. The van der Waals surface area contributed by atoms with Crippen molar-refractivity contribution in [1.82, 2.24) is 10.2 Å². The third-order valence-corrected chi connectivity index (χ3v) is 2.76. The summed E-state index contributed by atoms with van der Waals surface area (Å²) in [5.41, 5.74) is 0.422. The Kier molecular flexibility index (Phi) is 4.67. The molecule has 0 spiro atoms. The van der Waals surface area contributed by atoms with Gasteiger partial charge in [-0.3, -0.25) is 10.1 Å². The first-order chi connectivity index (χ1) is 8.32. The van der Waals surface area contributed by atoms with E-state index in [1.165, 1.54) is 17.0 Å². The molecule has 5 heteroatoms. The van der Waals surface area contributed by atoms with Gasteiger partial charge in [-0.1, -0.05) is 6.07 Å². The van der Waals surface area contributed by atoms with E-state index in [0.29, 0.717) is 5.56 Å². The lowest BCUT2D eigenvalue weighted by molar-refractivity contribution is -0.130. The van der Waals surface area contributed by atoms with Crippen LogP contribution < -0.4 is 5.32 Å². The number of nitrogens with one attached hydrogen (secondary N) is 1. The average molecular weight is 254 g/mol. The maximum atomic E-state index is 13.6. The summed E-state index contributed by atoms with van der Waals surface area (Å²) in [6, 6.07) is 3.28. The number of halogens is 1. The molecule has 4 nitrogen and oxygen atoms in total. The van der Waals surface area contributed by atoms with Crippen molar-refractivity contribution in [2.75, 3.05) is 14.1 Å². The lowest BCUT2D eigenvalue weighted by Gasteiger charge is -2.22. The molecule has 0 aliphatic heterocycles. The second kappa shape index (κ2) is 5.82. The molecule has 2 atom stereocenters. The predicted octanol–water partition coefficient (Wildman–Crippen LogP) is 1.66. The number of benzene rings is 1. The first kappa shape index (κ1) is 14.4. The summed E-state index contributed by atoms with van der Waals surface area (Å²) in [5, 5.41) is 12.2. The molecule has 0 heterocycles. The highest BCUT2D eigenvalue weighted by molar-refractivity contribution is 5.80. The van der Waals surface area contributed by atoms with E-state index in [1.807, 2.05) is 0 Å². The van der Waals surface area contributed by atoms with E-state index < -0.39 is 11.9 Å². The molecule has 0 saturated carbocycles. The summed E-state index contributed by atoms with van der Waals surface area (Å²) >= 11 is 0. The van der Waals surface area contributed by atoms with Crippen LogP contribution in [0, 0.1) is 5.82 Å². The van der Waals surface area contributed by atoms with Crippen LogP contribution in [0.5, 0.6) is 5.75 Å². The minimum atomic E-state index is -0.487. The van der Waals surface area contributed by atoms with Gasteiger partial charge < -0.3 is 10.0 Å². The molecule has 0 saturated heterocycles. The highest BCUT2D eigenvalue weighted by Gasteiger charge is 2.19. The fraction of sp³-hybridized carbons (Fsp3) is 0.462. The average Bonchev–Trinajstić information content (AvgIpc) is 2.27. The van der Waals surface area contributed by atoms with Crippen molar-refractivity contribution in [2.24, 2.45) is 0 Å². The number of phenols is 1. The Morgan fingerprint density at radius 3 is 2.50 bits per heavy atom. The number of phenolic OH excluding ortho intramolecular Hbond substituents is 1. The van der Waals surface area contributed by atoms with Crippen LogP contribution in [-0.4, -0.2) is 36.1 Å². The number of nitrogens with zero attached hydrogens (tertiary/aromatic N) is 1. The molecule has 0 radical (unpaired) electrons. The molecule has 1 amide bonds. The zero-order valence-electron chi connectivity index (χ0n) is 11.1. The molecule has 0 fully saturated rings. The van der Waals surface area contributed by atoms with Crippen molar-refractivity contribution in [3.8, 4) is 5.75 Å². The zero-order valence-corrected chi connectivity index (χ0v) is 11.1. The SMILES string of the molecule is CC(NC(C)c1ccc(O)cc1F)C(=O)N(C)C. The van der Waals surface area contributed by atoms with Gasteiger partial charge in [0.2, 0.25) is 5.91 Å². The van der Waals surface area contributed by atoms with Crippen LogP contribution in [0.1, 0.15) is 25.5 Å². The van der Waals surface area contributed by atoms with Gasteiger partial charge in [0.15, 0.2) is 0 Å². The summed E-state index contributed by atoms with van der Waals surface area (Å²) in [6.07, 6.45) is 0. The molecule has 100 valence electrons. The van der Waals surface area contributed by atoms with E-state index >= 15 is 0 Å². The number of aromatic hydroxyl groups is 1. The van der Waals surface area contributed by atoms with Crippen LogP contribution in [0.25, 0.3) is 0 Å². The van der Waals surface area contributed by atoms with Crippen LogP contribution in [0.3, 0.4) is 0 Å². The fourth-order valence-electron chi connectivity index (χ4n) is 1.79. The Labute approximate surface area is 106 Å². The molecule has 2 N–H and O–H groups in total. The number of rotatable bonds is 4. The van der Waals surface area contributed by atoms with Crippen molar-refractivity contribution in [2.45, 2.75) is 25.9 Å². The van der Waals surface area contributed by atoms with Gasteiger partial charge in [0.25, 0.3) is 0 Å². The number of likely N-dealkylation sites (N-methyl/N-ethyl adjacent to an activating group) is 1. The van der Waals surface area contributed by atoms with E-state index in [9.17, 15) is 9.18 Å². The standard InChI is InChI=1S/C13H19FN2O2/c1-8(15-9(2)13(18)16(3)4)11-6-5-10(17)7-12(11)14/h5-9,15,17H,1-4H3. The fourth-order valence-corrected chi connectivity index (χ4v) is 1.79. The molecule has 0 bridgehead atoms. The second-order valence-corrected chi connectivity index (χ2v) is 4.55.